The molecule has 2 rings (SSSR count). The maximum atomic E-state index is 12.5. The molecule has 5 nitrogen and oxygen atoms in total. The molecule has 120 valence electrons. The van der Waals surface area contributed by atoms with Gasteiger partial charge >= 0.3 is 0 Å². The molecule has 0 aliphatic carbocycles. The number of hydrogen-bond acceptors (Lipinski definition) is 4. The SMILES string of the molecule is Cc1ccc(N(C)C(=O)[C@H](C)Sc2ccc([N+](=O)[O-])cc2)cc1. The Hall–Kier alpha value is -2.34. The predicted octanol–water partition coefficient (Wildman–Crippen LogP) is 4.05. The molecule has 2 aromatic rings. The minimum Gasteiger partial charge on any atom is -0.315 e. The Kier molecular flexibility index (Phi) is 5.39. The lowest BCUT2D eigenvalue weighted by Gasteiger charge is -2.21. The van der Waals surface area contributed by atoms with Gasteiger partial charge in [-0.05, 0) is 38.1 Å². The van der Waals surface area contributed by atoms with Crippen molar-refractivity contribution in [3.05, 3.63) is 64.2 Å². The molecule has 0 aliphatic rings. The summed E-state index contributed by atoms with van der Waals surface area (Å²) in [6, 6.07) is 14.0. The summed E-state index contributed by atoms with van der Waals surface area (Å²) < 4.78 is 0. The third kappa shape index (κ3) is 4.32. The lowest BCUT2D eigenvalue weighted by Crippen LogP contribution is -2.33. The third-order valence-corrected chi connectivity index (χ3v) is 4.56. The number of nitrogens with zero attached hydrogens (tertiary/aromatic N) is 2. The lowest BCUT2D eigenvalue weighted by molar-refractivity contribution is -0.384. The zero-order valence-electron chi connectivity index (χ0n) is 13.2. The summed E-state index contributed by atoms with van der Waals surface area (Å²) in [6.07, 6.45) is 0. The fourth-order valence-electron chi connectivity index (χ4n) is 2.07. The number of rotatable bonds is 5. The highest BCUT2D eigenvalue weighted by Crippen LogP contribution is 2.27. The van der Waals surface area contributed by atoms with Gasteiger partial charge in [-0.1, -0.05) is 17.7 Å². The van der Waals surface area contributed by atoms with Crippen LogP contribution in [0.5, 0.6) is 0 Å². The molecule has 2 aromatic carbocycles. The number of anilines is 1. The second kappa shape index (κ2) is 7.28. The first-order valence-corrected chi connectivity index (χ1v) is 8.02. The fraction of sp³-hybridized carbons (Fsp3) is 0.235. The van der Waals surface area contributed by atoms with Crippen LogP contribution in [0.1, 0.15) is 12.5 Å². The van der Waals surface area contributed by atoms with Crippen LogP contribution in [0, 0.1) is 17.0 Å². The molecule has 0 saturated heterocycles. The Morgan fingerprint density at radius 1 is 1.13 bits per heavy atom. The normalized spacial score (nSPS) is 11.8. The Balaban J connectivity index is 2.04. The molecule has 23 heavy (non-hydrogen) atoms. The average Bonchev–Trinajstić information content (AvgIpc) is 2.54. The van der Waals surface area contributed by atoms with Crippen molar-refractivity contribution >= 4 is 29.0 Å². The molecule has 0 radical (unpaired) electrons. The topological polar surface area (TPSA) is 63.5 Å². The third-order valence-electron chi connectivity index (χ3n) is 3.46. The molecule has 1 amide bonds. The van der Waals surface area contributed by atoms with E-state index in [1.54, 1.807) is 24.1 Å². The van der Waals surface area contributed by atoms with E-state index >= 15 is 0 Å². The lowest BCUT2D eigenvalue weighted by atomic mass is 10.2. The van der Waals surface area contributed by atoms with Gasteiger partial charge in [-0.15, -0.1) is 11.8 Å². The minimum absolute atomic E-state index is 0.0165. The summed E-state index contributed by atoms with van der Waals surface area (Å²) in [6.45, 7) is 3.83. The number of amides is 1. The van der Waals surface area contributed by atoms with E-state index in [1.165, 1.54) is 23.9 Å². The molecule has 0 heterocycles. The van der Waals surface area contributed by atoms with Crippen LogP contribution in [0.3, 0.4) is 0 Å². The maximum Gasteiger partial charge on any atom is 0.269 e. The number of non-ortho nitro benzene ring substituents is 1. The van der Waals surface area contributed by atoms with Crippen molar-refractivity contribution in [3.63, 3.8) is 0 Å². The van der Waals surface area contributed by atoms with Gasteiger partial charge in [-0.3, -0.25) is 14.9 Å². The van der Waals surface area contributed by atoms with E-state index in [-0.39, 0.29) is 16.8 Å². The van der Waals surface area contributed by atoms with Crippen molar-refractivity contribution < 1.29 is 9.72 Å². The Morgan fingerprint density at radius 2 is 1.70 bits per heavy atom. The van der Waals surface area contributed by atoms with E-state index in [0.717, 1.165) is 16.1 Å². The highest BCUT2D eigenvalue weighted by Gasteiger charge is 2.20. The molecule has 0 unspecified atom stereocenters. The number of thioether (sulfide) groups is 1. The van der Waals surface area contributed by atoms with Gasteiger partial charge in [0.2, 0.25) is 5.91 Å². The monoisotopic (exact) mass is 330 g/mol. The van der Waals surface area contributed by atoms with Crippen LogP contribution in [0.15, 0.2) is 53.4 Å². The van der Waals surface area contributed by atoms with Crippen molar-refractivity contribution in [1.29, 1.82) is 0 Å². The van der Waals surface area contributed by atoms with Crippen molar-refractivity contribution in [2.24, 2.45) is 0 Å². The molecule has 0 bridgehead atoms. The molecular weight excluding hydrogens is 312 g/mol. The Morgan fingerprint density at radius 3 is 2.22 bits per heavy atom. The zero-order valence-corrected chi connectivity index (χ0v) is 14.0. The molecular formula is C17H18N2O3S. The van der Waals surface area contributed by atoms with Gasteiger partial charge < -0.3 is 4.90 Å². The smallest absolute Gasteiger partial charge is 0.269 e. The van der Waals surface area contributed by atoms with Gasteiger partial charge in [-0.2, -0.15) is 0 Å². The Bertz CT molecular complexity index is 699. The zero-order chi connectivity index (χ0) is 17.0. The first kappa shape index (κ1) is 17.0. The molecule has 0 spiro atoms. The van der Waals surface area contributed by atoms with Crippen molar-refractivity contribution in [1.82, 2.24) is 0 Å². The van der Waals surface area contributed by atoms with E-state index in [1.807, 2.05) is 38.1 Å². The first-order valence-electron chi connectivity index (χ1n) is 7.14. The molecule has 0 aliphatic heterocycles. The van der Waals surface area contributed by atoms with Crippen molar-refractivity contribution in [3.8, 4) is 0 Å². The van der Waals surface area contributed by atoms with Gasteiger partial charge in [0, 0.05) is 29.8 Å². The largest absolute Gasteiger partial charge is 0.315 e. The van der Waals surface area contributed by atoms with Crippen LogP contribution < -0.4 is 4.90 Å². The summed E-state index contributed by atoms with van der Waals surface area (Å²) in [5.41, 5.74) is 2.03. The summed E-state index contributed by atoms with van der Waals surface area (Å²) in [7, 11) is 1.75. The maximum absolute atomic E-state index is 12.5. The van der Waals surface area contributed by atoms with Gasteiger partial charge in [0.25, 0.3) is 5.69 Å². The average molecular weight is 330 g/mol. The number of nitro benzene ring substituents is 1. The number of aryl methyl sites for hydroxylation is 1. The minimum atomic E-state index is -0.436. The van der Waals surface area contributed by atoms with Crippen LogP contribution in [0.25, 0.3) is 0 Å². The van der Waals surface area contributed by atoms with Crippen molar-refractivity contribution in [2.45, 2.75) is 24.0 Å². The molecule has 0 fully saturated rings. The highest BCUT2D eigenvalue weighted by molar-refractivity contribution is 8.00. The summed E-state index contributed by atoms with van der Waals surface area (Å²) >= 11 is 1.38. The van der Waals surface area contributed by atoms with Gasteiger partial charge in [0.1, 0.15) is 0 Å². The highest BCUT2D eigenvalue weighted by atomic mass is 32.2. The number of carbonyl (C=O) groups is 1. The number of benzene rings is 2. The van der Waals surface area contributed by atoms with Crippen LogP contribution in [-0.2, 0) is 4.79 Å². The van der Waals surface area contributed by atoms with Gasteiger partial charge in [0.15, 0.2) is 0 Å². The van der Waals surface area contributed by atoms with E-state index in [4.69, 9.17) is 0 Å². The molecule has 0 saturated carbocycles. The van der Waals surface area contributed by atoms with E-state index in [9.17, 15) is 14.9 Å². The summed E-state index contributed by atoms with van der Waals surface area (Å²) in [5, 5.41) is 10.4. The first-order chi connectivity index (χ1) is 10.9. The van der Waals surface area contributed by atoms with Crippen LogP contribution >= 0.6 is 11.8 Å². The summed E-state index contributed by atoms with van der Waals surface area (Å²) in [4.78, 5) is 25.2. The predicted molar refractivity (Wildman–Crippen MR) is 93.0 cm³/mol. The van der Waals surface area contributed by atoms with Crippen LogP contribution in [0.4, 0.5) is 11.4 Å². The molecule has 0 N–H and O–H groups in total. The number of hydrogen-bond donors (Lipinski definition) is 0. The number of nitro groups is 1. The number of carbonyl (C=O) groups excluding carboxylic acids is 1. The second-order valence-electron chi connectivity index (χ2n) is 5.24. The second-order valence-corrected chi connectivity index (χ2v) is 6.66. The standard InChI is InChI=1S/C17H18N2O3S/c1-12-4-6-14(7-5-12)18(3)17(20)13(2)23-16-10-8-15(9-11-16)19(21)22/h4-11,13H,1-3H3/t13-/m0/s1. The molecule has 0 aromatic heterocycles. The van der Waals surface area contributed by atoms with Gasteiger partial charge in [-0.25, -0.2) is 0 Å². The summed E-state index contributed by atoms with van der Waals surface area (Å²) in [5.74, 6) is -0.0165. The fourth-order valence-corrected chi connectivity index (χ4v) is 3.03. The van der Waals surface area contributed by atoms with E-state index < -0.39 is 4.92 Å². The quantitative estimate of drug-likeness (QED) is 0.471. The van der Waals surface area contributed by atoms with E-state index in [2.05, 4.69) is 0 Å². The molecule has 6 heteroatoms. The van der Waals surface area contributed by atoms with Crippen LogP contribution in [0.2, 0.25) is 0 Å². The van der Waals surface area contributed by atoms with Crippen molar-refractivity contribution in [2.75, 3.05) is 11.9 Å². The molecule has 1 atom stereocenters. The van der Waals surface area contributed by atoms with Crippen LogP contribution in [-0.4, -0.2) is 23.1 Å². The van der Waals surface area contributed by atoms with Gasteiger partial charge in [0.05, 0.1) is 10.2 Å². The van der Waals surface area contributed by atoms with E-state index in [0.29, 0.717) is 0 Å². The Labute approximate surface area is 139 Å².